The van der Waals surface area contributed by atoms with E-state index in [0.29, 0.717) is 18.1 Å². The van der Waals surface area contributed by atoms with Gasteiger partial charge in [-0.15, -0.1) is 0 Å². The van der Waals surface area contributed by atoms with Gasteiger partial charge in [-0.2, -0.15) is 0 Å². The van der Waals surface area contributed by atoms with Gasteiger partial charge in [-0.3, -0.25) is 4.79 Å². The summed E-state index contributed by atoms with van der Waals surface area (Å²) in [6, 6.07) is 12.4. The van der Waals surface area contributed by atoms with Gasteiger partial charge in [0, 0.05) is 6.54 Å². The third-order valence-corrected chi connectivity index (χ3v) is 2.70. The molecule has 1 aromatic heterocycles. The Morgan fingerprint density at radius 1 is 1.14 bits per heavy atom. The molecule has 6 heteroatoms. The number of hydrogen-bond donors (Lipinski definition) is 1. The first-order valence-electron chi connectivity index (χ1n) is 6.89. The van der Waals surface area contributed by atoms with Crippen molar-refractivity contribution >= 4 is 11.9 Å². The highest BCUT2D eigenvalue weighted by Gasteiger charge is 2.14. The van der Waals surface area contributed by atoms with E-state index in [0.717, 1.165) is 0 Å². The number of furan rings is 1. The minimum absolute atomic E-state index is 0.0379. The van der Waals surface area contributed by atoms with E-state index in [1.165, 1.54) is 6.07 Å². The molecule has 0 aliphatic rings. The van der Waals surface area contributed by atoms with Gasteiger partial charge in [-0.05, 0) is 31.2 Å². The Labute approximate surface area is 128 Å². The number of ether oxygens (including phenoxy) is 2. The fourth-order valence-electron chi connectivity index (χ4n) is 1.69. The Morgan fingerprint density at radius 3 is 2.64 bits per heavy atom. The van der Waals surface area contributed by atoms with Gasteiger partial charge in [0.25, 0.3) is 5.91 Å². The minimum atomic E-state index is -0.683. The van der Waals surface area contributed by atoms with Crippen LogP contribution < -0.4 is 10.1 Å². The molecule has 0 saturated heterocycles. The molecule has 1 heterocycles. The molecule has 1 N–H and O–H groups in total. The lowest BCUT2D eigenvalue weighted by atomic mass is 10.3. The van der Waals surface area contributed by atoms with Crippen LogP contribution in [0, 0.1) is 0 Å². The number of para-hydroxylation sites is 1. The van der Waals surface area contributed by atoms with E-state index in [2.05, 4.69) is 5.32 Å². The normalized spacial score (nSPS) is 10.0. The van der Waals surface area contributed by atoms with Gasteiger partial charge in [0.1, 0.15) is 18.1 Å². The van der Waals surface area contributed by atoms with Crippen LogP contribution in [0.15, 0.2) is 46.9 Å². The highest BCUT2D eigenvalue weighted by atomic mass is 16.6. The molecule has 0 radical (unpaired) electrons. The van der Waals surface area contributed by atoms with Crippen molar-refractivity contribution in [3.05, 3.63) is 54.0 Å². The maximum atomic E-state index is 11.7. The quantitative estimate of drug-likeness (QED) is 0.793. The molecule has 0 aliphatic heterocycles. The van der Waals surface area contributed by atoms with Crippen LogP contribution in [-0.2, 0) is 16.1 Å². The van der Waals surface area contributed by atoms with Gasteiger partial charge >= 0.3 is 5.97 Å². The van der Waals surface area contributed by atoms with Gasteiger partial charge in [-0.25, -0.2) is 4.79 Å². The molecule has 0 atom stereocenters. The van der Waals surface area contributed by atoms with Crippen molar-refractivity contribution in [2.75, 3.05) is 13.2 Å². The summed E-state index contributed by atoms with van der Waals surface area (Å²) in [6.07, 6.45) is 0. The van der Waals surface area contributed by atoms with Crippen LogP contribution in [0.3, 0.4) is 0 Å². The molecule has 2 rings (SSSR count). The van der Waals surface area contributed by atoms with E-state index in [4.69, 9.17) is 13.9 Å². The fraction of sp³-hybridized carbons (Fsp3) is 0.250. The third kappa shape index (κ3) is 4.66. The van der Waals surface area contributed by atoms with Crippen LogP contribution in [0.25, 0.3) is 0 Å². The van der Waals surface area contributed by atoms with Crippen molar-refractivity contribution in [2.45, 2.75) is 13.5 Å². The Kier molecular flexibility index (Phi) is 5.59. The van der Waals surface area contributed by atoms with Crippen LogP contribution in [0.1, 0.15) is 23.2 Å². The molecule has 0 unspecified atom stereocenters. The van der Waals surface area contributed by atoms with Gasteiger partial charge in [-0.1, -0.05) is 18.2 Å². The molecular weight excluding hydrogens is 286 g/mol. The second-order valence-electron chi connectivity index (χ2n) is 4.40. The molecule has 0 saturated carbocycles. The lowest BCUT2D eigenvalue weighted by Gasteiger charge is -2.04. The second kappa shape index (κ2) is 7.87. The first-order valence-corrected chi connectivity index (χ1v) is 6.89. The van der Waals surface area contributed by atoms with Crippen LogP contribution >= 0.6 is 0 Å². The minimum Gasteiger partial charge on any atom is -0.486 e. The van der Waals surface area contributed by atoms with Crippen molar-refractivity contribution in [1.29, 1.82) is 0 Å². The molecule has 1 amide bonds. The molecule has 22 heavy (non-hydrogen) atoms. The average molecular weight is 303 g/mol. The van der Waals surface area contributed by atoms with Gasteiger partial charge in [0.2, 0.25) is 5.76 Å². The number of hydrogen-bond acceptors (Lipinski definition) is 5. The first kappa shape index (κ1) is 15.6. The van der Waals surface area contributed by atoms with Crippen molar-refractivity contribution < 1.29 is 23.5 Å². The van der Waals surface area contributed by atoms with E-state index < -0.39 is 5.97 Å². The summed E-state index contributed by atoms with van der Waals surface area (Å²) in [5, 5.41) is 2.53. The summed E-state index contributed by atoms with van der Waals surface area (Å²) in [5.41, 5.74) is 0. The predicted octanol–water partition coefficient (Wildman–Crippen LogP) is 2.15. The maximum Gasteiger partial charge on any atom is 0.374 e. The van der Waals surface area contributed by atoms with E-state index in [1.807, 2.05) is 30.3 Å². The van der Waals surface area contributed by atoms with E-state index >= 15 is 0 Å². The average Bonchev–Trinajstić information content (AvgIpc) is 3.01. The number of likely N-dealkylation sites (N-methyl/N-ethyl adjacent to an activating group) is 1. The largest absolute Gasteiger partial charge is 0.486 e. The Hall–Kier alpha value is -2.76. The van der Waals surface area contributed by atoms with Crippen molar-refractivity contribution in [2.24, 2.45) is 0 Å². The molecular formula is C16H17NO5. The monoisotopic (exact) mass is 303 g/mol. The zero-order chi connectivity index (χ0) is 15.8. The summed E-state index contributed by atoms with van der Waals surface area (Å²) in [7, 11) is 0. The number of carbonyl (C=O) groups is 2. The predicted molar refractivity (Wildman–Crippen MR) is 78.4 cm³/mol. The smallest absolute Gasteiger partial charge is 0.374 e. The van der Waals surface area contributed by atoms with Crippen LogP contribution in [0.2, 0.25) is 0 Å². The van der Waals surface area contributed by atoms with E-state index in [1.54, 1.807) is 13.0 Å². The van der Waals surface area contributed by atoms with Gasteiger partial charge in [0.15, 0.2) is 6.61 Å². The van der Waals surface area contributed by atoms with Crippen molar-refractivity contribution in [3.63, 3.8) is 0 Å². The summed E-state index contributed by atoms with van der Waals surface area (Å²) in [6.45, 7) is 2.14. The summed E-state index contributed by atoms with van der Waals surface area (Å²) >= 11 is 0. The third-order valence-electron chi connectivity index (χ3n) is 2.70. The first-order chi connectivity index (χ1) is 10.7. The lowest BCUT2D eigenvalue weighted by Crippen LogP contribution is -2.28. The second-order valence-corrected chi connectivity index (χ2v) is 4.40. The Balaban J connectivity index is 1.83. The molecule has 0 aliphatic carbocycles. The number of benzene rings is 1. The molecule has 2 aromatic rings. The summed E-state index contributed by atoms with van der Waals surface area (Å²) in [4.78, 5) is 22.9. The zero-order valence-electron chi connectivity index (χ0n) is 12.2. The molecule has 1 aromatic carbocycles. The lowest BCUT2D eigenvalue weighted by molar-refractivity contribution is -0.124. The number of rotatable bonds is 7. The van der Waals surface area contributed by atoms with E-state index in [-0.39, 0.29) is 24.9 Å². The molecule has 0 bridgehead atoms. The zero-order valence-corrected chi connectivity index (χ0v) is 12.2. The number of nitrogens with one attached hydrogen (secondary N) is 1. The number of esters is 1. The Morgan fingerprint density at radius 2 is 1.91 bits per heavy atom. The standard InChI is InChI=1S/C16H17NO5/c1-2-17-15(18)11-21-16(19)14-9-8-13(22-14)10-20-12-6-4-3-5-7-12/h3-9H,2,10-11H2,1H3,(H,17,18). The maximum absolute atomic E-state index is 11.7. The summed E-state index contributed by atoms with van der Waals surface area (Å²) < 4.78 is 15.7. The van der Waals surface area contributed by atoms with Crippen LogP contribution in [0.4, 0.5) is 0 Å². The summed E-state index contributed by atoms with van der Waals surface area (Å²) in [5.74, 6) is 0.205. The molecule has 0 fully saturated rings. The van der Waals surface area contributed by atoms with Crippen molar-refractivity contribution in [3.8, 4) is 5.75 Å². The Bertz CT molecular complexity index is 620. The van der Waals surface area contributed by atoms with E-state index in [9.17, 15) is 9.59 Å². The van der Waals surface area contributed by atoms with Gasteiger partial charge < -0.3 is 19.2 Å². The number of carbonyl (C=O) groups excluding carboxylic acids is 2. The molecule has 0 spiro atoms. The molecule has 6 nitrogen and oxygen atoms in total. The van der Waals surface area contributed by atoms with Crippen molar-refractivity contribution in [1.82, 2.24) is 5.32 Å². The van der Waals surface area contributed by atoms with Crippen LogP contribution in [-0.4, -0.2) is 25.0 Å². The van der Waals surface area contributed by atoms with Gasteiger partial charge in [0.05, 0.1) is 0 Å². The number of amides is 1. The topological polar surface area (TPSA) is 77.8 Å². The molecule has 116 valence electrons. The fourth-order valence-corrected chi connectivity index (χ4v) is 1.69. The van der Waals surface area contributed by atoms with Crippen LogP contribution in [0.5, 0.6) is 5.75 Å². The SMILES string of the molecule is CCNC(=O)COC(=O)c1ccc(COc2ccccc2)o1. The highest BCUT2D eigenvalue weighted by Crippen LogP contribution is 2.14. The highest BCUT2D eigenvalue weighted by molar-refractivity contribution is 5.88.